The van der Waals surface area contributed by atoms with E-state index in [9.17, 15) is 4.79 Å². The number of phenolic OH excluding ortho intramolecular Hbond substituents is 1. The third-order valence-corrected chi connectivity index (χ3v) is 2.32. The van der Waals surface area contributed by atoms with Crippen LogP contribution in [0.25, 0.3) is 0 Å². The number of esters is 1. The lowest BCUT2D eigenvalue weighted by Crippen LogP contribution is -2.04. The second-order valence-electron chi connectivity index (χ2n) is 3.61. The maximum atomic E-state index is 11.6. The van der Waals surface area contributed by atoms with Crippen LogP contribution in [-0.2, 0) is 11.3 Å². The van der Waals surface area contributed by atoms with Crippen LogP contribution in [-0.4, -0.2) is 11.1 Å². The molecule has 3 nitrogen and oxygen atoms in total. The van der Waals surface area contributed by atoms with Gasteiger partial charge in [0.15, 0.2) is 0 Å². The van der Waals surface area contributed by atoms with E-state index in [1.807, 2.05) is 30.3 Å². The van der Waals surface area contributed by atoms with Gasteiger partial charge >= 0.3 is 5.97 Å². The van der Waals surface area contributed by atoms with Crippen molar-refractivity contribution in [2.75, 3.05) is 0 Å². The average molecular weight is 265 g/mol. The van der Waals surface area contributed by atoms with E-state index in [0.717, 1.165) is 5.56 Å². The minimum absolute atomic E-state index is 0. The molecule has 0 aliphatic carbocycles. The molecule has 0 unspecified atom stereocenters. The fourth-order valence-corrected chi connectivity index (χ4v) is 1.40. The summed E-state index contributed by atoms with van der Waals surface area (Å²) < 4.78 is 5.13. The minimum Gasteiger partial charge on any atom is -0.508 e. The Balaban J connectivity index is 0.00000162. The molecule has 2 aromatic rings. The van der Waals surface area contributed by atoms with Crippen LogP contribution in [0.5, 0.6) is 5.75 Å². The van der Waals surface area contributed by atoms with Crippen LogP contribution in [0, 0.1) is 0 Å². The number of aromatic hydroxyl groups is 1. The van der Waals surface area contributed by atoms with Crippen LogP contribution in [0.4, 0.5) is 0 Å². The zero-order chi connectivity index (χ0) is 12.1. The quantitative estimate of drug-likeness (QED) is 0.866. The van der Waals surface area contributed by atoms with E-state index in [-0.39, 0.29) is 24.8 Å². The fraction of sp³-hybridized carbons (Fsp3) is 0.0714. The van der Waals surface area contributed by atoms with Crippen molar-refractivity contribution in [1.29, 1.82) is 0 Å². The maximum Gasteiger partial charge on any atom is 0.338 e. The van der Waals surface area contributed by atoms with Gasteiger partial charge in [0.25, 0.3) is 0 Å². The van der Waals surface area contributed by atoms with Crippen LogP contribution in [0.2, 0.25) is 0 Å². The molecule has 0 saturated heterocycles. The van der Waals surface area contributed by atoms with E-state index in [0.29, 0.717) is 5.56 Å². The summed E-state index contributed by atoms with van der Waals surface area (Å²) >= 11 is 0. The van der Waals surface area contributed by atoms with Crippen molar-refractivity contribution in [3.05, 3.63) is 65.7 Å². The van der Waals surface area contributed by atoms with Crippen LogP contribution in [0.1, 0.15) is 15.9 Å². The van der Waals surface area contributed by atoms with Crippen molar-refractivity contribution < 1.29 is 14.6 Å². The van der Waals surface area contributed by atoms with E-state index in [1.165, 1.54) is 24.3 Å². The fourth-order valence-electron chi connectivity index (χ4n) is 1.40. The molecule has 0 spiro atoms. The molecule has 2 aromatic carbocycles. The van der Waals surface area contributed by atoms with Gasteiger partial charge < -0.3 is 9.84 Å². The lowest BCUT2D eigenvalue weighted by atomic mass is 10.2. The van der Waals surface area contributed by atoms with Gasteiger partial charge in [-0.2, -0.15) is 0 Å². The highest BCUT2D eigenvalue weighted by Crippen LogP contribution is 2.11. The lowest BCUT2D eigenvalue weighted by molar-refractivity contribution is 0.0472. The van der Waals surface area contributed by atoms with Crippen LogP contribution < -0.4 is 0 Å². The molecule has 4 heteroatoms. The number of hydrogen-bond donors (Lipinski definition) is 1. The smallest absolute Gasteiger partial charge is 0.338 e. The van der Waals surface area contributed by atoms with Crippen molar-refractivity contribution in [2.24, 2.45) is 0 Å². The Morgan fingerprint density at radius 1 is 1.00 bits per heavy atom. The SMILES string of the molecule is Cl.O=C(OCc1ccccc1)c1ccc(O)cc1. The largest absolute Gasteiger partial charge is 0.508 e. The number of carbonyl (C=O) groups is 1. The van der Waals surface area contributed by atoms with Gasteiger partial charge in [-0.05, 0) is 29.8 Å². The molecular weight excluding hydrogens is 252 g/mol. The van der Waals surface area contributed by atoms with E-state index in [4.69, 9.17) is 9.84 Å². The van der Waals surface area contributed by atoms with Crippen LogP contribution in [0.15, 0.2) is 54.6 Å². The third-order valence-electron chi connectivity index (χ3n) is 2.32. The molecule has 2 rings (SSSR count). The highest BCUT2D eigenvalue weighted by molar-refractivity contribution is 5.89. The number of rotatable bonds is 3. The predicted octanol–water partition coefficient (Wildman–Crippen LogP) is 3.17. The highest BCUT2D eigenvalue weighted by Gasteiger charge is 2.06. The predicted molar refractivity (Wildman–Crippen MR) is 70.9 cm³/mol. The van der Waals surface area contributed by atoms with Crippen molar-refractivity contribution in [3.63, 3.8) is 0 Å². The standard InChI is InChI=1S/C14H12O3.ClH/c15-13-8-6-12(7-9-13)14(16)17-10-11-4-2-1-3-5-11;/h1-9,15H,10H2;1H. The summed E-state index contributed by atoms with van der Waals surface area (Å²) in [6.45, 7) is 0.251. The molecule has 0 heterocycles. The summed E-state index contributed by atoms with van der Waals surface area (Å²) in [5.41, 5.74) is 1.37. The van der Waals surface area contributed by atoms with Gasteiger partial charge in [-0.25, -0.2) is 4.79 Å². The van der Waals surface area contributed by atoms with Gasteiger partial charge in [0.05, 0.1) is 5.56 Å². The summed E-state index contributed by atoms with van der Waals surface area (Å²) in [4.78, 5) is 11.6. The first-order chi connectivity index (χ1) is 8.25. The molecule has 0 saturated carbocycles. The summed E-state index contributed by atoms with van der Waals surface area (Å²) in [6.07, 6.45) is 0. The van der Waals surface area contributed by atoms with Gasteiger partial charge in [-0.15, -0.1) is 12.4 Å². The van der Waals surface area contributed by atoms with Crippen molar-refractivity contribution in [3.8, 4) is 5.75 Å². The Morgan fingerprint density at radius 2 is 1.61 bits per heavy atom. The van der Waals surface area contributed by atoms with Crippen LogP contribution in [0.3, 0.4) is 0 Å². The molecule has 1 N–H and O–H groups in total. The van der Waals surface area contributed by atoms with E-state index in [1.54, 1.807) is 0 Å². The molecule has 0 aliphatic heterocycles. The highest BCUT2D eigenvalue weighted by atomic mass is 35.5. The van der Waals surface area contributed by atoms with Crippen LogP contribution >= 0.6 is 12.4 Å². The summed E-state index contributed by atoms with van der Waals surface area (Å²) in [5, 5.41) is 9.09. The molecule has 0 radical (unpaired) electrons. The van der Waals surface area contributed by atoms with Gasteiger partial charge in [-0.3, -0.25) is 0 Å². The molecular formula is C14H13ClO3. The summed E-state index contributed by atoms with van der Waals surface area (Å²) in [6, 6.07) is 15.5. The first kappa shape index (κ1) is 14.1. The first-order valence-electron chi connectivity index (χ1n) is 5.26. The van der Waals surface area contributed by atoms with E-state index >= 15 is 0 Å². The normalized spacial score (nSPS) is 9.33. The number of halogens is 1. The zero-order valence-electron chi connectivity index (χ0n) is 9.58. The van der Waals surface area contributed by atoms with Crippen molar-refractivity contribution in [1.82, 2.24) is 0 Å². The van der Waals surface area contributed by atoms with Gasteiger partial charge in [0.1, 0.15) is 12.4 Å². The molecule has 94 valence electrons. The number of hydrogen-bond acceptors (Lipinski definition) is 3. The van der Waals surface area contributed by atoms with Gasteiger partial charge in [0.2, 0.25) is 0 Å². The van der Waals surface area contributed by atoms with Gasteiger partial charge in [-0.1, -0.05) is 30.3 Å². The second kappa shape index (κ2) is 6.67. The average Bonchev–Trinajstić information content (AvgIpc) is 2.38. The maximum absolute atomic E-state index is 11.6. The first-order valence-corrected chi connectivity index (χ1v) is 5.26. The minimum atomic E-state index is -0.395. The summed E-state index contributed by atoms with van der Waals surface area (Å²) in [7, 11) is 0. The molecule has 18 heavy (non-hydrogen) atoms. The third kappa shape index (κ3) is 3.79. The molecule has 0 bridgehead atoms. The Labute approximate surface area is 111 Å². The Hall–Kier alpha value is -2.00. The molecule has 0 fully saturated rings. The number of benzene rings is 2. The number of ether oxygens (including phenoxy) is 1. The second-order valence-corrected chi connectivity index (χ2v) is 3.61. The molecule has 0 aliphatic rings. The van der Waals surface area contributed by atoms with Crippen molar-refractivity contribution >= 4 is 18.4 Å². The molecule has 0 amide bonds. The Bertz CT molecular complexity index is 494. The number of phenols is 1. The van der Waals surface area contributed by atoms with E-state index < -0.39 is 5.97 Å². The number of carbonyl (C=O) groups excluding carboxylic acids is 1. The van der Waals surface area contributed by atoms with E-state index in [2.05, 4.69) is 0 Å². The lowest BCUT2D eigenvalue weighted by Gasteiger charge is -2.04. The Kier molecular flexibility index (Phi) is 5.21. The monoisotopic (exact) mass is 264 g/mol. The molecule has 0 aromatic heterocycles. The zero-order valence-corrected chi connectivity index (χ0v) is 10.4. The Morgan fingerprint density at radius 3 is 2.22 bits per heavy atom. The molecule has 0 atom stereocenters. The van der Waals surface area contributed by atoms with Gasteiger partial charge in [0, 0.05) is 0 Å². The van der Waals surface area contributed by atoms with Crippen molar-refractivity contribution in [2.45, 2.75) is 6.61 Å². The summed E-state index contributed by atoms with van der Waals surface area (Å²) in [5.74, 6) is -0.265. The topological polar surface area (TPSA) is 46.5 Å².